The molecular weight excluding hydrogens is 304 g/mol. The summed E-state index contributed by atoms with van der Waals surface area (Å²) in [4.78, 5) is 12.0. The maximum atomic E-state index is 12.0. The maximum Gasteiger partial charge on any atom is 0.230 e. The second-order valence-electron chi connectivity index (χ2n) is 4.63. The van der Waals surface area contributed by atoms with Gasteiger partial charge in [-0.2, -0.15) is 0 Å². The van der Waals surface area contributed by atoms with Gasteiger partial charge in [0, 0.05) is 0 Å². The summed E-state index contributed by atoms with van der Waals surface area (Å²) >= 11 is 2.64. The Labute approximate surface area is 132 Å². The minimum Gasteiger partial charge on any atom is -0.374 e. The van der Waals surface area contributed by atoms with Crippen LogP contribution in [0.25, 0.3) is 0 Å². The van der Waals surface area contributed by atoms with E-state index in [0.29, 0.717) is 15.2 Å². The summed E-state index contributed by atoms with van der Waals surface area (Å²) < 4.78 is 0.714. The highest BCUT2D eigenvalue weighted by Gasteiger charge is 2.13. The van der Waals surface area contributed by atoms with Gasteiger partial charge < -0.3 is 11.1 Å². The van der Waals surface area contributed by atoms with E-state index in [0.717, 1.165) is 12.0 Å². The number of amides is 1. The molecule has 0 bridgehead atoms. The number of anilines is 1. The fraction of sp³-hybridized carbons (Fsp3) is 0.357. The third-order valence-corrected chi connectivity index (χ3v) is 4.86. The number of carbonyl (C=O) groups excluding carboxylic acids is 1. The molecule has 5 nitrogen and oxygen atoms in total. The van der Waals surface area contributed by atoms with Crippen molar-refractivity contribution < 1.29 is 4.79 Å². The molecule has 0 unspecified atom stereocenters. The SMILES string of the molecule is CC[C@@H](NC(=O)CSc1nnc(N)s1)c1ccc(C)cc1. The highest BCUT2D eigenvalue weighted by atomic mass is 32.2. The molecule has 7 heteroatoms. The van der Waals surface area contributed by atoms with Crippen molar-refractivity contribution in [2.45, 2.75) is 30.6 Å². The highest BCUT2D eigenvalue weighted by Crippen LogP contribution is 2.23. The van der Waals surface area contributed by atoms with Crippen LogP contribution in [-0.4, -0.2) is 21.9 Å². The van der Waals surface area contributed by atoms with E-state index in [9.17, 15) is 4.79 Å². The van der Waals surface area contributed by atoms with Crippen LogP contribution in [0.2, 0.25) is 0 Å². The largest absolute Gasteiger partial charge is 0.374 e. The second-order valence-corrected chi connectivity index (χ2v) is 6.87. The summed E-state index contributed by atoms with van der Waals surface area (Å²) in [5.41, 5.74) is 7.85. The number of hydrogen-bond acceptors (Lipinski definition) is 6. The van der Waals surface area contributed by atoms with Crippen molar-refractivity contribution in [3.05, 3.63) is 35.4 Å². The quantitative estimate of drug-likeness (QED) is 0.799. The van der Waals surface area contributed by atoms with E-state index in [1.54, 1.807) is 0 Å². The fourth-order valence-electron chi connectivity index (χ4n) is 1.86. The van der Waals surface area contributed by atoms with Gasteiger partial charge in [0.25, 0.3) is 0 Å². The number of benzene rings is 1. The second kappa shape index (κ2) is 7.42. The first-order valence-electron chi connectivity index (χ1n) is 6.66. The Hall–Kier alpha value is -1.60. The average Bonchev–Trinajstić information content (AvgIpc) is 2.89. The zero-order valence-electron chi connectivity index (χ0n) is 12.0. The number of nitrogens with one attached hydrogen (secondary N) is 1. The van der Waals surface area contributed by atoms with E-state index in [1.807, 2.05) is 6.92 Å². The normalized spacial score (nSPS) is 12.1. The van der Waals surface area contributed by atoms with Gasteiger partial charge in [-0.15, -0.1) is 10.2 Å². The smallest absolute Gasteiger partial charge is 0.230 e. The summed E-state index contributed by atoms with van der Waals surface area (Å²) in [5, 5.41) is 11.1. The summed E-state index contributed by atoms with van der Waals surface area (Å²) in [6.07, 6.45) is 0.852. The minimum absolute atomic E-state index is 0.0128. The highest BCUT2D eigenvalue weighted by molar-refractivity contribution is 8.01. The molecule has 1 amide bonds. The molecule has 0 aliphatic heterocycles. The predicted octanol–water partition coefficient (Wildman–Crippen LogP) is 2.79. The van der Waals surface area contributed by atoms with Crippen LogP contribution < -0.4 is 11.1 Å². The number of nitrogens with two attached hydrogens (primary N) is 1. The topological polar surface area (TPSA) is 80.9 Å². The number of hydrogen-bond donors (Lipinski definition) is 2. The molecule has 0 aliphatic rings. The molecule has 0 saturated heterocycles. The lowest BCUT2D eigenvalue weighted by Gasteiger charge is -2.17. The molecule has 0 fully saturated rings. The van der Waals surface area contributed by atoms with Crippen LogP contribution in [0.15, 0.2) is 28.6 Å². The molecule has 112 valence electrons. The first kappa shape index (κ1) is 15.8. The Morgan fingerprint density at radius 2 is 2.10 bits per heavy atom. The van der Waals surface area contributed by atoms with Crippen LogP contribution in [-0.2, 0) is 4.79 Å². The van der Waals surface area contributed by atoms with E-state index in [2.05, 4.69) is 46.7 Å². The maximum absolute atomic E-state index is 12.0. The Bertz CT molecular complexity index is 597. The number of thioether (sulfide) groups is 1. The number of nitrogens with zero attached hydrogens (tertiary/aromatic N) is 2. The van der Waals surface area contributed by atoms with E-state index in [-0.39, 0.29) is 11.9 Å². The van der Waals surface area contributed by atoms with Gasteiger partial charge in [-0.25, -0.2) is 0 Å². The van der Waals surface area contributed by atoms with Crippen LogP contribution >= 0.6 is 23.1 Å². The van der Waals surface area contributed by atoms with E-state index in [4.69, 9.17) is 5.73 Å². The lowest BCUT2D eigenvalue weighted by molar-refractivity contribution is -0.119. The van der Waals surface area contributed by atoms with Crippen molar-refractivity contribution in [1.82, 2.24) is 15.5 Å². The van der Waals surface area contributed by atoms with Crippen molar-refractivity contribution in [2.75, 3.05) is 11.5 Å². The third kappa shape index (κ3) is 4.71. The number of rotatable bonds is 6. The standard InChI is InChI=1S/C14H18N4OS2/c1-3-11(10-6-4-9(2)5-7-10)16-12(19)8-20-14-18-17-13(15)21-14/h4-7,11H,3,8H2,1-2H3,(H2,15,17)(H,16,19)/t11-/m1/s1. The van der Waals surface area contributed by atoms with E-state index >= 15 is 0 Å². The van der Waals surface area contributed by atoms with Gasteiger partial charge in [0.2, 0.25) is 11.0 Å². The Kier molecular flexibility index (Phi) is 5.58. The molecule has 0 saturated carbocycles. The van der Waals surface area contributed by atoms with Crippen molar-refractivity contribution in [2.24, 2.45) is 0 Å². The van der Waals surface area contributed by atoms with E-state index in [1.165, 1.54) is 28.7 Å². The van der Waals surface area contributed by atoms with Gasteiger partial charge in [0.1, 0.15) is 0 Å². The first-order valence-corrected chi connectivity index (χ1v) is 8.46. The van der Waals surface area contributed by atoms with Crippen LogP contribution in [0, 0.1) is 6.92 Å². The Morgan fingerprint density at radius 1 is 1.38 bits per heavy atom. The van der Waals surface area contributed by atoms with Gasteiger partial charge >= 0.3 is 0 Å². The zero-order chi connectivity index (χ0) is 15.2. The van der Waals surface area contributed by atoms with Gasteiger partial charge in [-0.3, -0.25) is 4.79 Å². The molecule has 1 atom stereocenters. The number of nitrogen functional groups attached to an aromatic ring is 1. The van der Waals surface area contributed by atoms with Crippen molar-refractivity contribution in [1.29, 1.82) is 0 Å². The Morgan fingerprint density at radius 3 is 2.67 bits per heavy atom. The molecule has 0 aliphatic carbocycles. The number of aromatic nitrogens is 2. The van der Waals surface area contributed by atoms with Gasteiger partial charge in [0.05, 0.1) is 11.8 Å². The van der Waals surface area contributed by atoms with Gasteiger partial charge in [-0.1, -0.05) is 59.9 Å². The Balaban J connectivity index is 1.89. The van der Waals surface area contributed by atoms with Crippen molar-refractivity contribution in [3.63, 3.8) is 0 Å². The van der Waals surface area contributed by atoms with Crippen molar-refractivity contribution >= 4 is 34.1 Å². The van der Waals surface area contributed by atoms with E-state index < -0.39 is 0 Å². The fourth-order valence-corrected chi connectivity index (χ4v) is 3.31. The summed E-state index contributed by atoms with van der Waals surface area (Å²) in [6.45, 7) is 4.11. The molecule has 3 N–H and O–H groups in total. The molecule has 1 aromatic carbocycles. The molecule has 2 rings (SSSR count). The molecule has 0 spiro atoms. The van der Waals surface area contributed by atoms with Gasteiger partial charge in [-0.05, 0) is 18.9 Å². The van der Waals surface area contributed by atoms with Crippen LogP contribution in [0.1, 0.15) is 30.5 Å². The third-order valence-electron chi connectivity index (χ3n) is 2.97. The van der Waals surface area contributed by atoms with Gasteiger partial charge in [0.15, 0.2) is 4.34 Å². The summed E-state index contributed by atoms with van der Waals surface area (Å²) in [6, 6.07) is 8.27. The minimum atomic E-state index is -0.0128. The molecular formula is C14H18N4OS2. The lowest BCUT2D eigenvalue weighted by atomic mass is 10.0. The van der Waals surface area contributed by atoms with Crippen LogP contribution in [0.4, 0.5) is 5.13 Å². The number of carbonyl (C=O) groups is 1. The molecule has 21 heavy (non-hydrogen) atoms. The number of aryl methyl sites for hydroxylation is 1. The zero-order valence-corrected chi connectivity index (χ0v) is 13.6. The summed E-state index contributed by atoms with van der Waals surface area (Å²) in [7, 11) is 0. The summed E-state index contributed by atoms with van der Waals surface area (Å²) in [5.74, 6) is 0.304. The molecule has 2 aromatic rings. The monoisotopic (exact) mass is 322 g/mol. The van der Waals surface area contributed by atoms with Crippen LogP contribution in [0.5, 0.6) is 0 Å². The first-order chi connectivity index (χ1) is 10.1. The van der Waals surface area contributed by atoms with Crippen molar-refractivity contribution in [3.8, 4) is 0 Å². The lowest BCUT2D eigenvalue weighted by Crippen LogP contribution is -2.29. The average molecular weight is 322 g/mol. The van der Waals surface area contributed by atoms with Crippen LogP contribution in [0.3, 0.4) is 0 Å². The molecule has 1 heterocycles. The predicted molar refractivity (Wildman–Crippen MR) is 87.4 cm³/mol. The molecule has 1 aromatic heterocycles. The molecule has 0 radical (unpaired) electrons.